The highest BCUT2D eigenvalue weighted by Gasteiger charge is 2.26. The molecule has 4 aromatic carbocycles. The Bertz CT molecular complexity index is 1630. The monoisotopic (exact) mass is 577 g/mol. The summed E-state index contributed by atoms with van der Waals surface area (Å²) in [5.74, 6) is -0.0977. The Kier molecular flexibility index (Phi) is 9.08. The number of anilines is 1. The summed E-state index contributed by atoms with van der Waals surface area (Å²) in [4.78, 5) is 12.8. The van der Waals surface area contributed by atoms with Crippen molar-refractivity contribution in [3.05, 3.63) is 118 Å². The largest absolute Gasteiger partial charge is 0.504 e. The third kappa shape index (κ3) is 6.80. The fourth-order valence-corrected chi connectivity index (χ4v) is 5.61. The summed E-state index contributed by atoms with van der Waals surface area (Å²) in [7, 11) is -3.91. The molecule has 0 fully saturated rings. The van der Waals surface area contributed by atoms with E-state index >= 15 is 0 Å². The van der Waals surface area contributed by atoms with Crippen molar-refractivity contribution in [1.82, 2.24) is 5.43 Å². The predicted molar refractivity (Wildman–Crippen MR) is 157 cm³/mol. The van der Waals surface area contributed by atoms with Gasteiger partial charge in [0.05, 0.1) is 29.9 Å². The lowest BCUT2D eigenvalue weighted by Crippen LogP contribution is -2.31. The number of halogens is 1. The van der Waals surface area contributed by atoms with Gasteiger partial charge in [0.2, 0.25) is 0 Å². The van der Waals surface area contributed by atoms with Gasteiger partial charge in [0, 0.05) is 10.6 Å². The van der Waals surface area contributed by atoms with Gasteiger partial charge >= 0.3 is 0 Å². The van der Waals surface area contributed by atoms with Gasteiger partial charge in [-0.05, 0) is 85.1 Å². The molecule has 0 bridgehead atoms. The van der Waals surface area contributed by atoms with E-state index in [1.807, 2.05) is 13.8 Å². The first-order valence-electron chi connectivity index (χ1n) is 12.4. The zero-order valence-electron chi connectivity index (χ0n) is 21.9. The van der Waals surface area contributed by atoms with Crippen molar-refractivity contribution in [3.63, 3.8) is 0 Å². The smallest absolute Gasteiger partial charge is 0.271 e. The highest BCUT2D eigenvalue weighted by atomic mass is 35.5. The number of nitrogens with one attached hydrogen (secondary N) is 1. The summed E-state index contributed by atoms with van der Waals surface area (Å²) in [6.45, 7) is 4.06. The molecule has 4 aromatic rings. The SMILES string of the molecule is CCOc1cc(/C=N\NC(=O)c2ccc(CN(c3cc(Cl)ccc3C)S(=O)(=O)c3ccccc3)cc2)ccc1O. The van der Waals surface area contributed by atoms with Crippen LogP contribution in [0.1, 0.15) is 34.0 Å². The zero-order chi connectivity index (χ0) is 28.7. The third-order valence-electron chi connectivity index (χ3n) is 5.98. The second-order valence-electron chi connectivity index (χ2n) is 8.81. The Labute approximate surface area is 238 Å². The van der Waals surface area contributed by atoms with Gasteiger partial charge in [0.1, 0.15) is 0 Å². The lowest BCUT2D eigenvalue weighted by molar-refractivity contribution is 0.0955. The van der Waals surface area contributed by atoms with E-state index in [0.29, 0.717) is 39.8 Å². The second kappa shape index (κ2) is 12.7. The number of ether oxygens (including phenoxy) is 1. The number of nitrogens with zero attached hydrogens (tertiary/aromatic N) is 2. The number of carbonyl (C=O) groups is 1. The number of hydrogen-bond donors (Lipinski definition) is 2. The number of benzene rings is 4. The minimum atomic E-state index is -3.91. The quantitative estimate of drug-likeness (QED) is 0.180. The molecule has 10 heteroatoms. The predicted octanol–water partition coefficient (Wildman–Crippen LogP) is 5.91. The normalized spacial score (nSPS) is 11.4. The van der Waals surface area contributed by atoms with Crippen molar-refractivity contribution in [2.75, 3.05) is 10.9 Å². The van der Waals surface area contributed by atoms with Crippen LogP contribution < -0.4 is 14.5 Å². The molecule has 0 unspecified atom stereocenters. The zero-order valence-corrected chi connectivity index (χ0v) is 23.5. The molecule has 0 spiro atoms. The molecule has 1 amide bonds. The van der Waals surface area contributed by atoms with E-state index in [1.54, 1.807) is 84.9 Å². The van der Waals surface area contributed by atoms with E-state index in [9.17, 15) is 18.3 Å². The van der Waals surface area contributed by atoms with Crippen LogP contribution in [-0.4, -0.2) is 32.3 Å². The van der Waals surface area contributed by atoms with Crippen LogP contribution in [0.3, 0.4) is 0 Å². The minimum absolute atomic E-state index is 0.0174. The number of hydrazone groups is 1. The molecule has 2 N–H and O–H groups in total. The van der Waals surface area contributed by atoms with E-state index in [0.717, 1.165) is 5.56 Å². The Morgan fingerprint density at radius 2 is 1.75 bits per heavy atom. The Morgan fingerprint density at radius 1 is 1.02 bits per heavy atom. The number of aromatic hydroxyl groups is 1. The molecule has 0 saturated carbocycles. The van der Waals surface area contributed by atoms with E-state index in [2.05, 4.69) is 10.5 Å². The van der Waals surface area contributed by atoms with Gasteiger partial charge in [0.25, 0.3) is 15.9 Å². The lowest BCUT2D eigenvalue weighted by atomic mass is 10.1. The number of amides is 1. The van der Waals surface area contributed by atoms with Gasteiger partial charge in [-0.2, -0.15) is 5.10 Å². The fourth-order valence-electron chi connectivity index (χ4n) is 3.91. The molecule has 40 heavy (non-hydrogen) atoms. The van der Waals surface area contributed by atoms with Crippen LogP contribution in [0.2, 0.25) is 5.02 Å². The lowest BCUT2D eigenvalue weighted by Gasteiger charge is -2.26. The number of hydrogen-bond acceptors (Lipinski definition) is 6. The molecule has 0 aliphatic carbocycles. The molecule has 8 nitrogen and oxygen atoms in total. The van der Waals surface area contributed by atoms with Crippen LogP contribution in [-0.2, 0) is 16.6 Å². The molecule has 0 radical (unpaired) electrons. The van der Waals surface area contributed by atoms with Gasteiger partial charge in [-0.25, -0.2) is 13.8 Å². The minimum Gasteiger partial charge on any atom is -0.504 e. The average molecular weight is 578 g/mol. The molecule has 0 saturated heterocycles. The van der Waals surface area contributed by atoms with Gasteiger partial charge in [-0.1, -0.05) is 48.0 Å². The maximum absolute atomic E-state index is 13.7. The number of aryl methyl sites for hydroxylation is 1. The first-order valence-corrected chi connectivity index (χ1v) is 14.2. The van der Waals surface area contributed by atoms with Gasteiger partial charge < -0.3 is 9.84 Å². The number of phenolic OH excluding ortho intramolecular Hbond substituents is 1. The van der Waals surface area contributed by atoms with Gasteiger partial charge in [-0.3, -0.25) is 9.10 Å². The third-order valence-corrected chi connectivity index (χ3v) is 7.99. The average Bonchev–Trinajstić information content (AvgIpc) is 2.95. The van der Waals surface area contributed by atoms with Crippen molar-refractivity contribution in [3.8, 4) is 11.5 Å². The fraction of sp³-hybridized carbons (Fsp3) is 0.133. The van der Waals surface area contributed by atoms with Crippen LogP contribution in [0.5, 0.6) is 11.5 Å². The summed E-state index contributed by atoms with van der Waals surface area (Å²) in [6.07, 6.45) is 1.44. The van der Waals surface area contributed by atoms with Crippen LogP contribution >= 0.6 is 11.6 Å². The molecule has 4 rings (SSSR count). The van der Waals surface area contributed by atoms with Crippen molar-refractivity contribution in [2.45, 2.75) is 25.3 Å². The van der Waals surface area contributed by atoms with E-state index in [-0.39, 0.29) is 17.2 Å². The van der Waals surface area contributed by atoms with Gasteiger partial charge in [0.15, 0.2) is 11.5 Å². The summed E-state index contributed by atoms with van der Waals surface area (Å²) in [5, 5.41) is 14.2. The first kappa shape index (κ1) is 28.7. The number of carbonyl (C=O) groups excluding carboxylic acids is 1. The molecule has 0 aliphatic heterocycles. The summed E-state index contributed by atoms with van der Waals surface area (Å²) in [6, 6.07) is 24.6. The molecule has 0 aromatic heterocycles. The Balaban J connectivity index is 1.52. The van der Waals surface area contributed by atoms with Crippen LogP contribution in [0.25, 0.3) is 0 Å². The molecule has 206 valence electrons. The van der Waals surface area contributed by atoms with E-state index in [4.69, 9.17) is 16.3 Å². The topological polar surface area (TPSA) is 108 Å². The van der Waals surface area contributed by atoms with E-state index < -0.39 is 15.9 Å². The van der Waals surface area contributed by atoms with Crippen molar-refractivity contribution in [2.24, 2.45) is 5.10 Å². The summed E-state index contributed by atoms with van der Waals surface area (Å²) in [5.41, 5.74) is 5.33. The standard InChI is InChI=1S/C30H28ClN3O5S/c1-3-39-29-17-23(12-16-28(29)35)19-32-33-30(36)24-13-10-22(11-14-24)20-34(27-18-25(31)15-9-21(27)2)40(37,38)26-7-5-4-6-8-26/h4-19,35H,3,20H2,1-2H3,(H,33,36)/b32-19-. The first-order chi connectivity index (χ1) is 19.2. The number of sulfonamides is 1. The molecule has 0 heterocycles. The molecule has 0 atom stereocenters. The van der Waals surface area contributed by atoms with E-state index in [1.165, 1.54) is 16.6 Å². The van der Waals surface area contributed by atoms with Crippen molar-refractivity contribution < 1.29 is 23.1 Å². The molecular weight excluding hydrogens is 550 g/mol. The maximum Gasteiger partial charge on any atom is 0.271 e. The Morgan fingerprint density at radius 3 is 2.45 bits per heavy atom. The highest BCUT2D eigenvalue weighted by molar-refractivity contribution is 7.92. The maximum atomic E-state index is 13.7. The number of rotatable bonds is 10. The van der Waals surface area contributed by atoms with Crippen molar-refractivity contribution in [1.29, 1.82) is 0 Å². The second-order valence-corrected chi connectivity index (χ2v) is 11.1. The number of phenols is 1. The van der Waals surface area contributed by atoms with Crippen LogP contribution in [0.4, 0.5) is 5.69 Å². The summed E-state index contributed by atoms with van der Waals surface area (Å²) < 4.78 is 34.0. The van der Waals surface area contributed by atoms with Crippen molar-refractivity contribution >= 4 is 39.4 Å². The Hall–Kier alpha value is -4.34. The van der Waals surface area contributed by atoms with Gasteiger partial charge in [-0.15, -0.1) is 0 Å². The van der Waals surface area contributed by atoms with Crippen LogP contribution in [0.15, 0.2) is 101 Å². The van der Waals surface area contributed by atoms with Crippen LogP contribution in [0, 0.1) is 6.92 Å². The molecular formula is C30H28ClN3O5S. The highest BCUT2D eigenvalue weighted by Crippen LogP contribution is 2.31. The summed E-state index contributed by atoms with van der Waals surface area (Å²) >= 11 is 6.23. The molecule has 0 aliphatic rings.